The van der Waals surface area contributed by atoms with Crippen molar-refractivity contribution in [1.29, 1.82) is 0 Å². The van der Waals surface area contributed by atoms with Crippen molar-refractivity contribution in [2.45, 2.75) is 5.41 Å². The van der Waals surface area contributed by atoms with Gasteiger partial charge in [0.25, 0.3) is 0 Å². The second-order valence-corrected chi connectivity index (χ2v) is 15.2. The van der Waals surface area contributed by atoms with E-state index in [4.69, 9.17) is 4.74 Å². The van der Waals surface area contributed by atoms with Crippen LogP contribution >= 0.6 is 0 Å². The molecule has 1 aliphatic carbocycles. The molecular formula is C55H35NO. The van der Waals surface area contributed by atoms with Gasteiger partial charge in [0.2, 0.25) is 0 Å². The lowest BCUT2D eigenvalue weighted by atomic mass is 9.65. The summed E-state index contributed by atoms with van der Waals surface area (Å²) in [6.45, 7) is 0. The molecular weight excluding hydrogens is 691 g/mol. The van der Waals surface area contributed by atoms with E-state index in [0.29, 0.717) is 0 Å². The summed E-state index contributed by atoms with van der Waals surface area (Å²) in [7, 11) is 0. The van der Waals surface area contributed by atoms with Crippen molar-refractivity contribution in [3.8, 4) is 33.8 Å². The Balaban J connectivity index is 1.17. The summed E-state index contributed by atoms with van der Waals surface area (Å²) in [4.78, 5) is 2.46. The molecule has 0 amide bonds. The van der Waals surface area contributed by atoms with Gasteiger partial charge < -0.3 is 9.64 Å². The molecule has 10 aromatic rings. The van der Waals surface area contributed by atoms with Gasteiger partial charge in [-0.25, -0.2) is 0 Å². The maximum Gasteiger partial charge on any atom is 0.140 e. The summed E-state index contributed by atoms with van der Waals surface area (Å²) in [6, 6.07) is 77.5. The lowest BCUT2D eigenvalue weighted by Gasteiger charge is -2.40. The van der Waals surface area contributed by atoms with Gasteiger partial charge in [-0.15, -0.1) is 0 Å². The largest absolute Gasteiger partial charge is 0.455 e. The van der Waals surface area contributed by atoms with Crippen LogP contribution in [0.4, 0.5) is 17.1 Å². The Morgan fingerprint density at radius 3 is 1.61 bits per heavy atom. The highest BCUT2D eigenvalue weighted by Gasteiger charge is 2.52. The van der Waals surface area contributed by atoms with E-state index in [9.17, 15) is 0 Å². The van der Waals surface area contributed by atoms with Crippen LogP contribution in [0.25, 0.3) is 54.6 Å². The third-order valence-electron chi connectivity index (χ3n) is 12.3. The number of anilines is 3. The Kier molecular flexibility index (Phi) is 6.88. The third kappa shape index (κ3) is 4.59. The maximum atomic E-state index is 7.22. The van der Waals surface area contributed by atoms with Gasteiger partial charge in [-0.1, -0.05) is 182 Å². The Morgan fingerprint density at radius 2 is 0.895 bits per heavy atom. The molecule has 266 valence electrons. The first kappa shape index (κ1) is 31.9. The Morgan fingerprint density at radius 1 is 0.351 bits per heavy atom. The van der Waals surface area contributed by atoms with Gasteiger partial charge in [-0.2, -0.15) is 0 Å². The first-order valence-electron chi connectivity index (χ1n) is 19.7. The highest BCUT2D eigenvalue weighted by molar-refractivity contribution is 6.03. The summed E-state index contributed by atoms with van der Waals surface area (Å²) in [5, 5.41) is 6.99. The fourth-order valence-corrected chi connectivity index (χ4v) is 9.80. The number of benzene rings is 10. The minimum atomic E-state index is -0.634. The van der Waals surface area contributed by atoms with Gasteiger partial charge in [0.05, 0.1) is 11.1 Å². The average Bonchev–Trinajstić information content (AvgIpc) is 3.58. The van der Waals surface area contributed by atoms with E-state index >= 15 is 0 Å². The highest BCUT2D eigenvalue weighted by atomic mass is 16.5. The highest BCUT2D eigenvalue weighted by Crippen LogP contribution is 2.65. The van der Waals surface area contributed by atoms with Crippen molar-refractivity contribution in [2.75, 3.05) is 4.90 Å². The van der Waals surface area contributed by atoms with E-state index in [2.05, 4.69) is 217 Å². The van der Waals surface area contributed by atoms with E-state index in [0.717, 1.165) is 61.2 Å². The topological polar surface area (TPSA) is 12.5 Å². The summed E-state index contributed by atoms with van der Waals surface area (Å²) in [5.74, 6) is 1.85. The summed E-state index contributed by atoms with van der Waals surface area (Å²) < 4.78 is 7.22. The van der Waals surface area contributed by atoms with E-state index in [1.54, 1.807) is 0 Å². The first-order chi connectivity index (χ1) is 28.3. The van der Waals surface area contributed by atoms with Crippen molar-refractivity contribution in [3.05, 3.63) is 235 Å². The van der Waals surface area contributed by atoms with Crippen LogP contribution in [0.15, 0.2) is 212 Å². The number of rotatable bonds is 4. The van der Waals surface area contributed by atoms with Gasteiger partial charge in [-0.05, 0) is 79.7 Å². The number of ether oxygens (including phenoxy) is 1. The molecule has 12 rings (SSSR count). The molecule has 0 atom stereocenters. The predicted molar refractivity (Wildman–Crippen MR) is 236 cm³/mol. The van der Waals surface area contributed by atoms with Crippen LogP contribution < -0.4 is 9.64 Å². The molecule has 1 heterocycles. The van der Waals surface area contributed by atoms with Gasteiger partial charge in [-0.3, -0.25) is 0 Å². The quantitative estimate of drug-likeness (QED) is 0.179. The minimum absolute atomic E-state index is 0.634. The number of fused-ring (bicyclic) bond motifs is 14. The molecule has 0 unspecified atom stereocenters. The van der Waals surface area contributed by atoms with Crippen LogP contribution in [-0.2, 0) is 5.41 Å². The Labute approximate surface area is 331 Å². The zero-order valence-corrected chi connectivity index (χ0v) is 31.1. The molecule has 1 aliphatic heterocycles. The van der Waals surface area contributed by atoms with Crippen molar-refractivity contribution < 1.29 is 4.74 Å². The molecule has 0 saturated carbocycles. The van der Waals surface area contributed by atoms with Crippen LogP contribution in [0, 0.1) is 0 Å². The lowest BCUT2D eigenvalue weighted by Crippen LogP contribution is -2.32. The zero-order chi connectivity index (χ0) is 37.5. The van der Waals surface area contributed by atoms with Gasteiger partial charge >= 0.3 is 0 Å². The molecule has 0 bridgehead atoms. The Bertz CT molecular complexity index is 3130. The van der Waals surface area contributed by atoms with Crippen LogP contribution in [0.2, 0.25) is 0 Å². The zero-order valence-electron chi connectivity index (χ0n) is 31.1. The molecule has 1 spiro atoms. The van der Waals surface area contributed by atoms with Crippen molar-refractivity contribution in [2.24, 2.45) is 0 Å². The standard InChI is InChI=1S/C55H35NO/c1-2-13-36(14-3-1)38-25-30-42(31-26-38)56(43-32-27-37-15-4-5-18-41(37)35-43)51-24-12-23-48-52(51)46-21-10-11-22-47(46)55(48)49-33-28-39-16-6-8-19-44(39)53(49)57-54-45-20-9-7-17-40(45)29-34-50(54)55/h1-35H. The number of hydrogen-bond acceptors (Lipinski definition) is 2. The third-order valence-corrected chi connectivity index (χ3v) is 12.3. The van der Waals surface area contributed by atoms with Gasteiger partial charge in [0.15, 0.2) is 0 Å². The normalized spacial score (nSPS) is 13.2. The van der Waals surface area contributed by atoms with E-state index in [1.807, 2.05) is 0 Å². The van der Waals surface area contributed by atoms with Crippen LogP contribution in [-0.4, -0.2) is 0 Å². The van der Waals surface area contributed by atoms with Gasteiger partial charge in [0, 0.05) is 38.8 Å². The molecule has 2 heteroatoms. The fourth-order valence-electron chi connectivity index (χ4n) is 9.80. The summed E-state index contributed by atoms with van der Waals surface area (Å²) in [6.07, 6.45) is 0. The molecule has 2 aliphatic rings. The molecule has 0 aromatic heterocycles. The average molecular weight is 726 g/mol. The van der Waals surface area contributed by atoms with Crippen LogP contribution in [0.1, 0.15) is 22.3 Å². The smallest absolute Gasteiger partial charge is 0.140 e. The number of hydrogen-bond donors (Lipinski definition) is 0. The molecule has 0 N–H and O–H groups in total. The van der Waals surface area contributed by atoms with Crippen molar-refractivity contribution >= 4 is 49.4 Å². The second kappa shape index (κ2) is 12.3. The van der Waals surface area contributed by atoms with Crippen molar-refractivity contribution in [3.63, 3.8) is 0 Å². The molecule has 2 nitrogen and oxygen atoms in total. The fraction of sp³-hybridized carbons (Fsp3) is 0.0182. The molecule has 0 fully saturated rings. The maximum absolute atomic E-state index is 7.22. The molecule has 0 saturated heterocycles. The van der Waals surface area contributed by atoms with E-state index in [1.165, 1.54) is 44.2 Å². The van der Waals surface area contributed by atoms with E-state index < -0.39 is 5.41 Å². The number of nitrogens with zero attached hydrogens (tertiary/aromatic N) is 1. The molecule has 10 aromatic carbocycles. The van der Waals surface area contributed by atoms with Crippen LogP contribution in [0.3, 0.4) is 0 Å². The lowest BCUT2D eigenvalue weighted by molar-refractivity contribution is 0.447. The summed E-state index contributed by atoms with van der Waals surface area (Å²) >= 11 is 0. The monoisotopic (exact) mass is 725 g/mol. The SMILES string of the molecule is c1ccc(-c2ccc(N(c3ccc4ccccc4c3)c3cccc4c3-c3ccccc3C43c4ccc5ccccc5c4Oc4c3ccc3ccccc43)cc2)cc1. The van der Waals surface area contributed by atoms with Gasteiger partial charge in [0.1, 0.15) is 11.5 Å². The molecule has 57 heavy (non-hydrogen) atoms. The predicted octanol–water partition coefficient (Wildman–Crippen LogP) is 14.8. The van der Waals surface area contributed by atoms with Crippen LogP contribution in [0.5, 0.6) is 11.5 Å². The van der Waals surface area contributed by atoms with E-state index in [-0.39, 0.29) is 0 Å². The minimum Gasteiger partial charge on any atom is -0.455 e. The first-order valence-corrected chi connectivity index (χ1v) is 19.7. The molecule has 0 radical (unpaired) electrons. The second-order valence-electron chi connectivity index (χ2n) is 15.2. The Hall–Kier alpha value is -7.42. The van der Waals surface area contributed by atoms with Crippen molar-refractivity contribution in [1.82, 2.24) is 0 Å². The summed E-state index contributed by atoms with van der Waals surface area (Å²) in [5.41, 5.74) is 12.4.